The summed E-state index contributed by atoms with van der Waals surface area (Å²) in [6.45, 7) is 3.72. The van der Waals surface area contributed by atoms with Crippen molar-refractivity contribution in [1.29, 1.82) is 0 Å². The normalized spacial score (nSPS) is 11.9. The highest BCUT2D eigenvalue weighted by molar-refractivity contribution is 7.91. The second kappa shape index (κ2) is 9.29. The average Bonchev–Trinajstić information content (AvgIpc) is 2.30. The maximum atomic E-state index is 11.6. The van der Waals surface area contributed by atoms with E-state index in [4.69, 9.17) is 10.8 Å². The molecule has 0 aromatic carbocycles. The highest BCUT2D eigenvalue weighted by Crippen LogP contribution is 1.99. The predicted octanol–water partition coefficient (Wildman–Crippen LogP) is -0.629. The number of carbonyl (C=O) groups excluding carboxylic acids is 1. The van der Waals surface area contributed by atoms with Crippen LogP contribution in [0.25, 0.3) is 0 Å². The van der Waals surface area contributed by atoms with Crippen LogP contribution in [0.2, 0.25) is 0 Å². The van der Waals surface area contributed by atoms with Gasteiger partial charge in [-0.05, 0) is 13.0 Å². The summed E-state index contributed by atoms with van der Waals surface area (Å²) in [7, 11) is -3.24. The fourth-order valence-electron chi connectivity index (χ4n) is 1.48. The molecule has 7 heteroatoms. The molecule has 0 unspecified atom stereocenters. The lowest BCUT2D eigenvalue weighted by Gasteiger charge is -2.20. The smallest absolute Gasteiger partial charge is 0.218 e. The minimum atomic E-state index is -3.24. The summed E-state index contributed by atoms with van der Waals surface area (Å²) in [5.41, 5.74) is 4.92. The summed E-state index contributed by atoms with van der Waals surface area (Å²) >= 11 is 0. The summed E-state index contributed by atoms with van der Waals surface area (Å²) in [5, 5.41) is 8.89. The van der Waals surface area contributed by atoms with Gasteiger partial charge in [0.2, 0.25) is 5.91 Å². The Morgan fingerprint density at radius 1 is 1.22 bits per heavy atom. The standard InChI is InChI=1S/C11H24N2O4S/c1-2-3-5-13(6-8-14)7-10-18(16,17)9-4-11(12)15/h14H,2-10H2,1H3,(H2,12,15). The Balaban J connectivity index is 4.10. The maximum absolute atomic E-state index is 11.6. The molecule has 0 saturated carbocycles. The van der Waals surface area contributed by atoms with Gasteiger partial charge < -0.3 is 15.7 Å². The molecule has 0 aliphatic heterocycles. The van der Waals surface area contributed by atoms with Crippen LogP contribution in [-0.2, 0) is 14.6 Å². The van der Waals surface area contributed by atoms with Crippen molar-refractivity contribution in [1.82, 2.24) is 4.90 Å². The molecule has 0 spiro atoms. The van der Waals surface area contributed by atoms with Gasteiger partial charge in [-0.1, -0.05) is 13.3 Å². The number of sulfone groups is 1. The Labute approximate surface area is 109 Å². The number of amides is 1. The highest BCUT2D eigenvalue weighted by Gasteiger charge is 2.14. The topological polar surface area (TPSA) is 101 Å². The fraction of sp³-hybridized carbons (Fsp3) is 0.909. The first kappa shape index (κ1) is 17.3. The molecule has 0 aromatic heterocycles. The Morgan fingerprint density at radius 3 is 2.39 bits per heavy atom. The van der Waals surface area contributed by atoms with Crippen molar-refractivity contribution in [3.05, 3.63) is 0 Å². The van der Waals surface area contributed by atoms with Gasteiger partial charge in [0.15, 0.2) is 9.84 Å². The van der Waals surface area contributed by atoms with Crippen molar-refractivity contribution >= 4 is 15.7 Å². The molecule has 0 bridgehead atoms. The molecule has 18 heavy (non-hydrogen) atoms. The molecule has 0 fully saturated rings. The van der Waals surface area contributed by atoms with Gasteiger partial charge in [-0.15, -0.1) is 0 Å². The number of rotatable bonds is 11. The number of carbonyl (C=O) groups is 1. The molecule has 0 rings (SSSR count). The number of primary amides is 1. The molecule has 1 amide bonds. The minimum absolute atomic E-state index is 0.00396. The molecule has 0 aromatic rings. The van der Waals surface area contributed by atoms with E-state index in [1.54, 1.807) is 0 Å². The maximum Gasteiger partial charge on any atom is 0.218 e. The van der Waals surface area contributed by atoms with E-state index in [0.717, 1.165) is 19.4 Å². The first-order valence-electron chi connectivity index (χ1n) is 6.23. The molecule has 0 aliphatic rings. The summed E-state index contributed by atoms with van der Waals surface area (Å²) in [4.78, 5) is 12.5. The van der Waals surface area contributed by atoms with Crippen LogP contribution in [-0.4, -0.2) is 62.1 Å². The van der Waals surface area contributed by atoms with E-state index >= 15 is 0 Å². The third-order valence-corrected chi connectivity index (χ3v) is 4.25. The fourth-order valence-corrected chi connectivity index (χ4v) is 2.74. The van der Waals surface area contributed by atoms with Gasteiger partial charge in [0.1, 0.15) is 0 Å². The molecule has 0 atom stereocenters. The summed E-state index contributed by atoms with van der Waals surface area (Å²) in [6.07, 6.45) is 1.87. The lowest BCUT2D eigenvalue weighted by molar-refractivity contribution is -0.117. The molecule has 0 radical (unpaired) electrons. The number of aliphatic hydroxyl groups is 1. The zero-order valence-electron chi connectivity index (χ0n) is 11.0. The van der Waals surface area contributed by atoms with E-state index < -0.39 is 15.7 Å². The average molecular weight is 280 g/mol. The first-order valence-corrected chi connectivity index (χ1v) is 8.05. The molecule has 0 aliphatic carbocycles. The van der Waals surface area contributed by atoms with E-state index in [1.807, 2.05) is 4.90 Å². The van der Waals surface area contributed by atoms with Crippen molar-refractivity contribution < 1.29 is 18.3 Å². The number of nitrogens with two attached hydrogens (primary N) is 1. The van der Waals surface area contributed by atoms with E-state index in [2.05, 4.69) is 6.92 Å². The largest absolute Gasteiger partial charge is 0.395 e. The second-order valence-electron chi connectivity index (χ2n) is 4.29. The molecule has 0 saturated heterocycles. The van der Waals surface area contributed by atoms with Crippen molar-refractivity contribution in [2.24, 2.45) is 5.73 Å². The van der Waals surface area contributed by atoms with Crippen LogP contribution in [0, 0.1) is 0 Å². The Hall–Kier alpha value is -0.660. The third-order valence-electron chi connectivity index (χ3n) is 2.62. The second-order valence-corrected chi connectivity index (χ2v) is 6.59. The van der Waals surface area contributed by atoms with Crippen LogP contribution in [0.15, 0.2) is 0 Å². The van der Waals surface area contributed by atoms with Crippen LogP contribution >= 0.6 is 0 Å². The Morgan fingerprint density at radius 2 is 1.89 bits per heavy atom. The van der Waals surface area contributed by atoms with E-state index in [0.29, 0.717) is 13.1 Å². The monoisotopic (exact) mass is 280 g/mol. The minimum Gasteiger partial charge on any atom is -0.395 e. The predicted molar refractivity (Wildman–Crippen MR) is 70.9 cm³/mol. The Kier molecular flexibility index (Phi) is 8.95. The molecule has 0 heterocycles. The van der Waals surface area contributed by atoms with Gasteiger partial charge in [0, 0.05) is 19.5 Å². The zero-order valence-corrected chi connectivity index (χ0v) is 11.8. The van der Waals surface area contributed by atoms with Crippen LogP contribution < -0.4 is 5.73 Å². The summed E-state index contributed by atoms with van der Waals surface area (Å²) in [6, 6.07) is 0. The molecular formula is C11H24N2O4S. The molecular weight excluding hydrogens is 256 g/mol. The SMILES string of the molecule is CCCCN(CCO)CCS(=O)(=O)CCC(N)=O. The lowest BCUT2D eigenvalue weighted by atomic mass is 10.3. The van der Waals surface area contributed by atoms with Gasteiger partial charge in [0.05, 0.1) is 18.1 Å². The van der Waals surface area contributed by atoms with Gasteiger partial charge in [0.25, 0.3) is 0 Å². The van der Waals surface area contributed by atoms with E-state index in [-0.39, 0.29) is 24.5 Å². The number of nitrogens with zero attached hydrogens (tertiary/aromatic N) is 1. The molecule has 108 valence electrons. The van der Waals surface area contributed by atoms with Gasteiger partial charge in [-0.3, -0.25) is 4.79 Å². The Bertz CT molecular complexity index is 330. The van der Waals surface area contributed by atoms with Crippen molar-refractivity contribution in [2.75, 3.05) is 37.7 Å². The summed E-state index contributed by atoms with van der Waals surface area (Å²) in [5.74, 6) is -0.788. The van der Waals surface area contributed by atoms with E-state index in [1.165, 1.54) is 0 Å². The zero-order chi connectivity index (χ0) is 14.0. The quantitative estimate of drug-likeness (QED) is 0.525. The molecule has 3 N–H and O–H groups in total. The van der Waals surface area contributed by atoms with Gasteiger partial charge in [-0.2, -0.15) is 0 Å². The van der Waals surface area contributed by atoms with E-state index in [9.17, 15) is 13.2 Å². The molecule has 6 nitrogen and oxygen atoms in total. The van der Waals surface area contributed by atoms with Crippen LogP contribution in [0.3, 0.4) is 0 Å². The number of hydrogen-bond donors (Lipinski definition) is 2. The van der Waals surface area contributed by atoms with Crippen LogP contribution in [0.1, 0.15) is 26.2 Å². The van der Waals surface area contributed by atoms with Gasteiger partial charge in [-0.25, -0.2) is 8.42 Å². The third kappa shape index (κ3) is 9.38. The lowest BCUT2D eigenvalue weighted by Crippen LogP contribution is -2.33. The van der Waals surface area contributed by atoms with Crippen molar-refractivity contribution in [3.63, 3.8) is 0 Å². The summed E-state index contributed by atoms with van der Waals surface area (Å²) < 4.78 is 23.2. The number of aliphatic hydroxyl groups excluding tert-OH is 1. The first-order chi connectivity index (χ1) is 8.41. The van der Waals surface area contributed by atoms with Crippen LogP contribution in [0.5, 0.6) is 0 Å². The number of unbranched alkanes of at least 4 members (excludes halogenated alkanes) is 1. The van der Waals surface area contributed by atoms with Gasteiger partial charge >= 0.3 is 0 Å². The number of hydrogen-bond acceptors (Lipinski definition) is 5. The van der Waals surface area contributed by atoms with Crippen LogP contribution in [0.4, 0.5) is 0 Å². The van der Waals surface area contributed by atoms with Crippen molar-refractivity contribution in [2.45, 2.75) is 26.2 Å². The van der Waals surface area contributed by atoms with Crippen molar-refractivity contribution in [3.8, 4) is 0 Å². The highest BCUT2D eigenvalue weighted by atomic mass is 32.2.